The highest BCUT2D eigenvalue weighted by Crippen LogP contribution is 2.19. The number of benzene rings is 1. The molecule has 0 aliphatic rings. The molecule has 0 aliphatic carbocycles. The molecule has 0 fully saturated rings. The van der Waals surface area contributed by atoms with Crippen LogP contribution in [0.4, 0.5) is 0 Å². The fourth-order valence-electron chi connectivity index (χ4n) is 2.18. The van der Waals surface area contributed by atoms with Gasteiger partial charge in [-0.3, -0.25) is 4.79 Å². The molecule has 1 aromatic carbocycles. The zero-order valence-corrected chi connectivity index (χ0v) is 14.4. The molecule has 1 atom stereocenters. The summed E-state index contributed by atoms with van der Waals surface area (Å²) in [6.07, 6.45) is 0. The Bertz CT molecular complexity index is 581. The first-order chi connectivity index (χ1) is 10.4. The second kappa shape index (κ2) is 8.26. The lowest BCUT2D eigenvalue weighted by atomic mass is 10.1. The number of sulfonamides is 1. The third-order valence-corrected chi connectivity index (χ3v) is 5.50. The number of amides is 1. The van der Waals surface area contributed by atoms with Crippen LogP contribution in [0.15, 0.2) is 29.2 Å². The molecule has 0 saturated heterocycles. The first-order valence-corrected chi connectivity index (χ1v) is 8.84. The zero-order valence-electron chi connectivity index (χ0n) is 13.6. The SMILES string of the molecule is CCN(CC)S(=O)(=O)c1ccc(C(C)NC(=O)CNC)cc1. The largest absolute Gasteiger partial charge is 0.348 e. The monoisotopic (exact) mass is 327 g/mol. The van der Waals surface area contributed by atoms with Crippen LogP contribution in [0.3, 0.4) is 0 Å². The first-order valence-electron chi connectivity index (χ1n) is 7.40. The number of nitrogens with one attached hydrogen (secondary N) is 2. The van der Waals surface area contributed by atoms with Crippen LogP contribution in [0.5, 0.6) is 0 Å². The van der Waals surface area contributed by atoms with Gasteiger partial charge in [0.05, 0.1) is 17.5 Å². The van der Waals surface area contributed by atoms with Gasteiger partial charge >= 0.3 is 0 Å². The van der Waals surface area contributed by atoms with E-state index in [9.17, 15) is 13.2 Å². The van der Waals surface area contributed by atoms with E-state index in [0.717, 1.165) is 5.56 Å². The average Bonchev–Trinajstić information content (AvgIpc) is 2.48. The van der Waals surface area contributed by atoms with Gasteiger partial charge in [0.2, 0.25) is 15.9 Å². The highest BCUT2D eigenvalue weighted by atomic mass is 32.2. The minimum Gasteiger partial charge on any atom is -0.348 e. The van der Waals surface area contributed by atoms with E-state index in [-0.39, 0.29) is 23.4 Å². The van der Waals surface area contributed by atoms with Crippen molar-refractivity contribution >= 4 is 15.9 Å². The minimum absolute atomic E-state index is 0.102. The molecule has 22 heavy (non-hydrogen) atoms. The molecule has 2 N–H and O–H groups in total. The number of rotatable bonds is 8. The molecule has 0 radical (unpaired) electrons. The maximum Gasteiger partial charge on any atom is 0.243 e. The quantitative estimate of drug-likeness (QED) is 0.750. The molecule has 6 nitrogen and oxygen atoms in total. The van der Waals surface area contributed by atoms with Crippen molar-refractivity contribution in [3.63, 3.8) is 0 Å². The predicted octanol–water partition coefficient (Wildman–Crippen LogP) is 1.11. The van der Waals surface area contributed by atoms with Crippen molar-refractivity contribution in [1.82, 2.24) is 14.9 Å². The van der Waals surface area contributed by atoms with Gasteiger partial charge in [-0.25, -0.2) is 8.42 Å². The normalized spacial score (nSPS) is 13.1. The molecule has 1 unspecified atom stereocenters. The van der Waals surface area contributed by atoms with Gasteiger partial charge in [-0.2, -0.15) is 4.31 Å². The topological polar surface area (TPSA) is 78.5 Å². The Morgan fingerprint density at radius 1 is 1.18 bits per heavy atom. The van der Waals surface area contributed by atoms with Crippen LogP contribution >= 0.6 is 0 Å². The van der Waals surface area contributed by atoms with Gasteiger partial charge in [0.25, 0.3) is 0 Å². The fourth-order valence-corrected chi connectivity index (χ4v) is 3.64. The molecular weight excluding hydrogens is 302 g/mol. The van der Waals surface area contributed by atoms with E-state index in [2.05, 4.69) is 10.6 Å². The van der Waals surface area contributed by atoms with E-state index in [4.69, 9.17) is 0 Å². The number of likely N-dealkylation sites (N-methyl/N-ethyl adjacent to an activating group) is 1. The van der Waals surface area contributed by atoms with Crippen molar-refractivity contribution < 1.29 is 13.2 Å². The average molecular weight is 327 g/mol. The lowest BCUT2D eigenvalue weighted by Gasteiger charge is -2.19. The Hall–Kier alpha value is -1.44. The van der Waals surface area contributed by atoms with Gasteiger partial charge in [-0.1, -0.05) is 26.0 Å². The van der Waals surface area contributed by atoms with Crippen molar-refractivity contribution in [3.05, 3.63) is 29.8 Å². The van der Waals surface area contributed by atoms with Gasteiger partial charge in [0.1, 0.15) is 0 Å². The van der Waals surface area contributed by atoms with Gasteiger partial charge in [-0.15, -0.1) is 0 Å². The summed E-state index contributed by atoms with van der Waals surface area (Å²) in [5.74, 6) is -0.102. The molecule has 1 amide bonds. The highest BCUT2D eigenvalue weighted by molar-refractivity contribution is 7.89. The maximum absolute atomic E-state index is 12.4. The van der Waals surface area contributed by atoms with Crippen molar-refractivity contribution in [3.8, 4) is 0 Å². The van der Waals surface area contributed by atoms with Crippen LogP contribution in [0.2, 0.25) is 0 Å². The Kier molecular flexibility index (Phi) is 6.99. The Labute approximate surface area is 132 Å². The Balaban J connectivity index is 2.88. The summed E-state index contributed by atoms with van der Waals surface area (Å²) in [7, 11) is -1.73. The zero-order chi connectivity index (χ0) is 16.8. The summed E-state index contributed by atoms with van der Waals surface area (Å²) >= 11 is 0. The summed E-state index contributed by atoms with van der Waals surface area (Å²) < 4.78 is 26.2. The molecule has 124 valence electrons. The van der Waals surface area contributed by atoms with E-state index in [0.29, 0.717) is 13.1 Å². The molecule has 0 heterocycles. The van der Waals surface area contributed by atoms with E-state index in [1.807, 2.05) is 20.8 Å². The Morgan fingerprint density at radius 3 is 2.18 bits per heavy atom. The van der Waals surface area contributed by atoms with E-state index in [1.54, 1.807) is 31.3 Å². The number of nitrogens with zero attached hydrogens (tertiary/aromatic N) is 1. The number of carbonyl (C=O) groups excluding carboxylic acids is 1. The fraction of sp³-hybridized carbons (Fsp3) is 0.533. The van der Waals surface area contributed by atoms with Gasteiger partial charge in [-0.05, 0) is 31.7 Å². The first kappa shape index (κ1) is 18.6. The van der Waals surface area contributed by atoms with Crippen molar-refractivity contribution in [2.45, 2.75) is 31.7 Å². The summed E-state index contributed by atoms with van der Waals surface area (Å²) in [5.41, 5.74) is 0.864. The third kappa shape index (κ3) is 4.53. The third-order valence-electron chi connectivity index (χ3n) is 3.44. The molecule has 1 aromatic rings. The number of hydrogen-bond donors (Lipinski definition) is 2. The molecule has 0 aliphatic heterocycles. The molecule has 7 heteroatoms. The smallest absolute Gasteiger partial charge is 0.243 e. The lowest BCUT2D eigenvalue weighted by molar-refractivity contribution is -0.120. The van der Waals surface area contributed by atoms with Gasteiger partial charge in [0, 0.05) is 13.1 Å². The summed E-state index contributed by atoms with van der Waals surface area (Å²) in [6, 6.07) is 6.47. The standard InChI is InChI=1S/C15H25N3O3S/c1-5-18(6-2)22(20,21)14-9-7-13(8-10-14)12(3)17-15(19)11-16-4/h7-10,12,16H,5-6,11H2,1-4H3,(H,17,19). The minimum atomic E-state index is -3.44. The van der Waals surface area contributed by atoms with Crippen LogP contribution in [0, 0.1) is 0 Å². The summed E-state index contributed by atoms with van der Waals surface area (Å²) in [6.45, 7) is 6.62. The van der Waals surface area contributed by atoms with Gasteiger partial charge < -0.3 is 10.6 Å². The number of carbonyl (C=O) groups is 1. The van der Waals surface area contributed by atoms with Crippen LogP contribution in [-0.2, 0) is 14.8 Å². The second-order valence-corrected chi connectivity index (χ2v) is 6.92. The Morgan fingerprint density at radius 2 is 1.73 bits per heavy atom. The van der Waals surface area contributed by atoms with Crippen LogP contribution in [0.1, 0.15) is 32.4 Å². The van der Waals surface area contributed by atoms with Crippen LogP contribution < -0.4 is 10.6 Å². The molecular formula is C15H25N3O3S. The van der Waals surface area contributed by atoms with Crippen LogP contribution in [0.25, 0.3) is 0 Å². The van der Waals surface area contributed by atoms with Crippen molar-refractivity contribution in [2.24, 2.45) is 0 Å². The molecule has 0 aromatic heterocycles. The number of hydrogen-bond acceptors (Lipinski definition) is 4. The molecule has 0 spiro atoms. The predicted molar refractivity (Wildman–Crippen MR) is 87.0 cm³/mol. The summed E-state index contributed by atoms with van der Waals surface area (Å²) in [5, 5.41) is 5.62. The maximum atomic E-state index is 12.4. The van der Waals surface area contributed by atoms with E-state index in [1.165, 1.54) is 4.31 Å². The van der Waals surface area contributed by atoms with Crippen molar-refractivity contribution in [1.29, 1.82) is 0 Å². The van der Waals surface area contributed by atoms with E-state index >= 15 is 0 Å². The van der Waals surface area contributed by atoms with Gasteiger partial charge in [0.15, 0.2) is 0 Å². The molecule has 1 rings (SSSR count). The summed E-state index contributed by atoms with van der Waals surface area (Å²) in [4.78, 5) is 11.8. The second-order valence-electron chi connectivity index (χ2n) is 4.98. The van der Waals surface area contributed by atoms with Crippen LogP contribution in [-0.4, -0.2) is 45.3 Å². The van der Waals surface area contributed by atoms with E-state index < -0.39 is 10.0 Å². The highest BCUT2D eigenvalue weighted by Gasteiger charge is 2.21. The van der Waals surface area contributed by atoms with Crippen molar-refractivity contribution in [2.75, 3.05) is 26.7 Å². The lowest BCUT2D eigenvalue weighted by Crippen LogP contribution is -2.34. The molecule has 0 saturated carbocycles. The molecule has 0 bridgehead atoms.